The van der Waals surface area contributed by atoms with Gasteiger partial charge < -0.3 is 5.32 Å². The van der Waals surface area contributed by atoms with Crippen LogP contribution in [0.4, 0.5) is 8.78 Å². The number of hydrogen-bond donors (Lipinski definition) is 1. The number of aromatic nitrogens is 2. The van der Waals surface area contributed by atoms with Crippen molar-refractivity contribution in [3.63, 3.8) is 0 Å². The standard InChI is InChI=1S/C11H19F2N3/c1-7(2)14-5-9-6-15-16(8(3)4)10(9)11(12)13/h6-8,11,14H,5H2,1-4H3. The molecule has 0 bridgehead atoms. The second-order valence-corrected chi connectivity index (χ2v) is 4.43. The van der Waals surface area contributed by atoms with E-state index >= 15 is 0 Å². The summed E-state index contributed by atoms with van der Waals surface area (Å²) in [5.74, 6) is 0. The van der Waals surface area contributed by atoms with Gasteiger partial charge in [0.05, 0.1) is 6.20 Å². The molecule has 0 fully saturated rings. The van der Waals surface area contributed by atoms with Crippen molar-refractivity contribution in [2.45, 2.75) is 52.7 Å². The van der Waals surface area contributed by atoms with Crippen LogP contribution in [0.2, 0.25) is 0 Å². The van der Waals surface area contributed by atoms with E-state index in [9.17, 15) is 8.78 Å². The molecule has 0 aliphatic rings. The molecule has 0 aliphatic carbocycles. The minimum absolute atomic E-state index is 0.0307. The highest BCUT2D eigenvalue weighted by Gasteiger charge is 2.21. The summed E-state index contributed by atoms with van der Waals surface area (Å²) < 4.78 is 27.2. The first-order valence-corrected chi connectivity index (χ1v) is 5.51. The lowest BCUT2D eigenvalue weighted by molar-refractivity contribution is 0.135. The Bertz CT molecular complexity index is 332. The van der Waals surface area contributed by atoms with Crippen molar-refractivity contribution in [3.05, 3.63) is 17.5 Å². The molecule has 1 rings (SSSR count). The Hall–Kier alpha value is -0.970. The zero-order chi connectivity index (χ0) is 12.3. The first-order chi connectivity index (χ1) is 7.43. The van der Waals surface area contributed by atoms with E-state index in [2.05, 4.69) is 10.4 Å². The van der Waals surface area contributed by atoms with Gasteiger partial charge in [-0.05, 0) is 13.8 Å². The third-order valence-electron chi connectivity index (χ3n) is 2.31. The number of nitrogens with zero attached hydrogens (tertiary/aromatic N) is 2. The molecule has 0 amide bonds. The van der Waals surface area contributed by atoms with E-state index < -0.39 is 6.43 Å². The Kier molecular flexibility index (Phi) is 4.41. The molecular formula is C11H19F2N3. The van der Waals surface area contributed by atoms with Crippen molar-refractivity contribution in [2.24, 2.45) is 0 Å². The van der Waals surface area contributed by atoms with Gasteiger partial charge in [0.2, 0.25) is 0 Å². The summed E-state index contributed by atoms with van der Waals surface area (Å²) in [7, 11) is 0. The van der Waals surface area contributed by atoms with Crippen LogP contribution in [0.1, 0.15) is 51.4 Å². The summed E-state index contributed by atoms with van der Waals surface area (Å²) in [6.45, 7) is 8.09. The van der Waals surface area contributed by atoms with Gasteiger partial charge in [0.15, 0.2) is 0 Å². The molecule has 0 radical (unpaired) electrons. The maximum atomic E-state index is 12.9. The first kappa shape index (κ1) is 13.1. The van der Waals surface area contributed by atoms with Gasteiger partial charge in [-0.25, -0.2) is 8.78 Å². The van der Waals surface area contributed by atoms with E-state index in [1.807, 2.05) is 27.7 Å². The van der Waals surface area contributed by atoms with Crippen molar-refractivity contribution in [1.29, 1.82) is 0 Å². The minimum atomic E-state index is -2.48. The van der Waals surface area contributed by atoms with Crippen LogP contribution >= 0.6 is 0 Å². The number of nitrogens with one attached hydrogen (secondary N) is 1. The van der Waals surface area contributed by atoms with Crippen LogP contribution in [-0.2, 0) is 6.54 Å². The van der Waals surface area contributed by atoms with E-state index in [1.54, 1.807) is 0 Å². The monoisotopic (exact) mass is 231 g/mol. The summed E-state index contributed by atoms with van der Waals surface area (Å²) in [6.07, 6.45) is -0.953. The molecule has 1 aromatic heterocycles. The molecule has 92 valence electrons. The zero-order valence-electron chi connectivity index (χ0n) is 10.2. The Labute approximate surface area is 94.8 Å². The van der Waals surface area contributed by atoms with Crippen LogP contribution in [0, 0.1) is 0 Å². The van der Waals surface area contributed by atoms with Gasteiger partial charge in [-0.2, -0.15) is 5.10 Å². The summed E-state index contributed by atoms with van der Waals surface area (Å²) in [6, 6.07) is 0.227. The SMILES string of the molecule is CC(C)NCc1cnn(C(C)C)c1C(F)F. The Balaban J connectivity index is 2.92. The van der Waals surface area contributed by atoms with Gasteiger partial charge in [0.25, 0.3) is 6.43 Å². The largest absolute Gasteiger partial charge is 0.310 e. The quantitative estimate of drug-likeness (QED) is 0.844. The molecular weight excluding hydrogens is 212 g/mol. The highest BCUT2D eigenvalue weighted by Crippen LogP contribution is 2.25. The summed E-state index contributed by atoms with van der Waals surface area (Å²) in [5.41, 5.74) is 0.612. The molecule has 0 unspecified atom stereocenters. The second-order valence-electron chi connectivity index (χ2n) is 4.43. The fourth-order valence-corrected chi connectivity index (χ4v) is 1.51. The van der Waals surface area contributed by atoms with E-state index in [4.69, 9.17) is 0 Å². The number of rotatable bonds is 5. The van der Waals surface area contributed by atoms with E-state index in [-0.39, 0.29) is 17.8 Å². The lowest BCUT2D eigenvalue weighted by Gasteiger charge is -2.13. The van der Waals surface area contributed by atoms with Crippen LogP contribution in [-0.4, -0.2) is 15.8 Å². The van der Waals surface area contributed by atoms with Gasteiger partial charge in [0, 0.05) is 24.2 Å². The average molecular weight is 231 g/mol. The zero-order valence-corrected chi connectivity index (χ0v) is 10.2. The highest BCUT2D eigenvalue weighted by atomic mass is 19.3. The van der Waals surface area contributed by atoms with Gasteiger partial charge >= 0.3 is 0 Å². The summed E-state index contributed by atoms with van der Waals surface area (Å²) in [5, 5.41) is 7.13. The van der Waals surface area contributed by atoms with E-state index in [1.165, 1.54) is 10.9 Å². The summed E-state index contributed by atoms with van der Waals surface area (Å²) in [4.78, 5) is 0. The molecule has 0 spiro atoms. The van der Waals surface area contributed by atoms with Gasteiger partial charge in [0.1, 0.15) is 5.69 Å². The molecule has 0 saturated carbocycles. The fraction of sp³-hybridized carbons (Fsp3) is 0.727. The van der Waals surface area contributed by atoms with Crippen molar-refractivity contribution in [3.8, 4) is 0 Å². The molecule has 0 saturated heterocycles. The van der Waals surface area contributed by atoms with Gasteiger partial charge in [-0.3, -0.25) is 4.68 Å². The minimum Gasteiger partial charge on any atom is -0.310 e. The third kappa shape index (κ3) is 3.01. The molecule has 0 aromatic carbocycles. The Morgan fingerprint density at radius 3 is 2.38 bits per heavy atom. The average Bonchev–Trinajstić information content (AvgIpc) is 2.57. The molecule has 1 N–H and O–H groups in total. The molecule has 1 aromatic rings. The lowest BCUT2D eigenvalue weighted by atomic mass is 10.2. The fourth-order valence-electron chi connectivity index (χ4n) is 1.51. The molecule has 0 atom stereocenters. The Morgan fingerprint density at radius 2 is 1.94 bits per heavy atom. The van der Waals surface area contributed by atoms with Crippen LogP contribution < -0.4 is 5.32 Å². The van der Waals surface area contributed by atoms with Crippen molar-refractivity contribution in [1.82, 2.24) is 15.1 Å². The molecule has 0 aliphatic heterocycles. The Morgan fingerprint density at radius 1 is 1.31 bits per heavy atom. The topological polar surface area (TPSA) is 29.9 Å². The predicted octanol–water partition coefficient (Wildman–Crippen LogP) is 2.90. The van der Waals surface area contributed by atoms with Crippen molar-refractivity contribution < 1.29 is 8.78 Å². The van der Waals surface area contributed by atoms with Crippen LogP contribution in [0.25, 0.3) is 0 Å². The van der Waals surface area contributed by atoms with E-state index in [0.29, 0.717) is 12.1 Å². The van der Waals surface area contributed by atoms with Crippen LogP contribution in [0.3, 0.4) is 0 Å². The smallest absolute Gasteiger partial charge is 0.280 e. The first-order valence-electron chi connectivity index (χ1n) is 5.51. The highest BCUT2D eigenvalue weighted by molar-refractivity contribution is 5.19. The van der Waals surface area contributed by atoms with Crippen LogP contribution in [0.5, 0.6) is 0 Å². The number of halogens is 2. The third-order valence-corrected chi connectivity index (χ3v) is 2.31. The molecule has 3 nitrogen and oxygen atoms in total. The van der Waals surface area contributed by atoms with Crippen LogP contribution in [0.15, 0.2) is 6.20 Å². The maximum absolute atomic E-state index is 12.9. The molecule has 16 heavy (non-hydrogen) atoms. The second kappa shape index (κ2) is 5.39. The van der Waals surface area contributed by atoms with Gasteiger partial charge in [-0.15, -0.1) is 0 Å². The van der Waals surface area contributed by atoms with Crippen molar-refractivity contribution >= 4 is 0 Å². The normalized spacial score (nSPS) is 12.1. The lowest BCUT2D eigenvalue weighted by Crippen LogP contribution is -2.22. The molecule has 5 heteroatoms. The molecule has 1 heterocycles. The van der Waals surface area contributed by atoms with Gasteiger partial charge in [-0.1, -0.05) is 13.8 Å². The number of alkyl halides is 2. The number of hydrogen-bond acceptors (Lipinski definition) is 2. The van der Waals surface area contributed by atoms with E-state index in [0.717, 1.165) is 0 Å². The summed E-state index contributed by atoms with van der Waals surface area (Å²) >= 11 is 0. The predicted molar refractivity (Wildman–Crippen MR) is 59.5 cm³/mol. The maximum Gasteiger partial charge on any atom is 0.280 e. The van der Waals surface area contributed by atoms with Crippen molar-refractivity contribution in [2.75, 3.05) is 0 Å².